The van der Waals surface area contributed by atoms with Crippen LogP contribution < -0.4 is 10.0 Å². The number of rotatable bonds is 6. The van der Waals surface area contributed by atoms with Crippen LogP contribution in [-0.4, -0.2) is 26.5 Å². The van der Waals surface area contributed by atoms with Crippen LogP contribution >= 0.6 is 0 Å². The molecule has 1 aromatic rings. The molecule has 21 heavy (non-hydrogen) atoms. The molecule has 2 rings (SSSR count). The summed E-state index contributed by atoms with van der Waals surface area (Å²) in [5.41, 5.74) is 0.608. The first-order valence-corrected chi connectivity index (χ1v) is 9.18. The van der Waals surface area contributed by atoms with Gasteiger partial charge in [-0.05, 0) is 37.7 Å². The van der Waals surface area contributed by atoms with Crippen molar-refractivity contribution in [3.8, 4) is 0 Å². The molecule has 1 aliphatic rings. The van der Waals surface area contributed by atoms with Gasteiger partial charge in [0.1, 0.15) is 4.90 Å². The number of sulfonamides is 1. The maximum Gasteiger partial charge on any atom is 0.244 e. The Kier molecular flexibility index (Phi) is 5.58. The van der Waals surface area contributed by atoms with Crippen LogP contribution in [0.25, 0.3) is 0 Å². The van der Waals surface area contributed by atoms with E-state index in [-0.39, 0.29) is 4.90 Å². The second-order valence-electron chi connectivity index (χ2n) is 5.89. The monoisotopic (exact) mass is 311 g/mol. The van der Waals surface area contributed by atoms with Crippen molar-refractivity contribution in [3.05, 3.63) is 18.5 Å². The summed E-state index contributed by atoms with van der Waals surface area (Å²) in [5.74, 6) is 1.15. The summed E-state index contributed by atoms with van der Waals surface area (Å²) in [6.45, 7) is 5.37. The highest BCUT2D eigenvalue weighted by molar-refractivity contribution is 7.89. The largest absolute Gasteiger partial charge is 0.384 e. The number of nitrogens with one attached hydrogen (secondary N) is 2. The van der Waals surface area contributed by atoms with Crippen molar-refractivity contribution >= 4 is 15.7 Å². The van der Waals surface area contributed by atoms with E-state index in [9.17, 15) is 8.42 Å². The molecule has 2 unspecified atom stereocenters. The zero-order valence-corrected chi connectivity index (χ0v) is 13.6. The van der Waals surface area contributed by atoms with Crippen molar-refractivity contribution in [1.82, 2.24) is 9.71 Å². The second kappa shape index (κ2) is 7.22. The van der Waals surface area contributed by atoms with Crippen LogP contribution in [0.3, 0.4) is 0 Å². The van der Waals surface area contributed by atoms with Crippen molar-refractivity contribution in [2.45, 2.75) is 44.4 Å². The molecule has 0 saturated heterocycles. The Morgan fingerprint density at radius 1 is 1.38 bits per heavy atom. The summed E-state index contributed by atoms with van der Waals surface area (Å²) in [7, 11) is -3.50. The summed E-state index contributed by atoms with van der Waals surface area (Å²) >= 11 is 0. The second-order valence-corrected chi connectivity index (χ2v) is 7.63. The smallest absolute Gasteiger partial charge is 0.244 e. The molecule has 2 N–H and O–H groups in total. The van der Waals surface area contributed by atoms with Gasteiger partial charge in [-0.3, -0.25) is 4.98 Å². The van der Waals surface area contributed by atoms with E-state index in [2.05, 4.69) is 21.9 Å². The quantitative estimate of drug-likeness (QED) is 0.847. The Morgan fingerprint density at radius 3 is 2.90 bits per heavy atom. The molecule has 1 aliphatic carbocycles. The van der Waals surface area contributed by atoms with Gasteiger partial charge in [0.25, 0.3) is 0 Å². The lowest BCUT2D eigenvalue weighted by Gasteiger charge is -2.26. The lowest BCUT2D eigenvalue weighted by molar-refractivity contribution is 0.283. The Bertz CT molecular complexity index is 560. The number of pyridine rings is 1. The molecule has 0 amide bonds. The van der Waals surface area contributed by atoms with E-state index < -0.39 is 10.0 Å². The SMILES string of the molecule is CCNc1ccncc1S(=O)(=O)NCC1CCCC(C)C1. The summed E-state index contributed by atoms with van der Waals surface area (Å²) in [4.78, 5) is 4.17. The van der Waals surface area contributed by atoms with Gasteiger partial charge in [-0.1, -0.05) is 19.8 Å². The number of nitrogens with zero attached hydrogens (tertiary/aromatic N) is 1. The van der Waals surface area contributed by atoms with E-state index >= 15 is 0 Å². The molecule has 1 heterocycles. The first kappa shape index (κ1) is 16.2. The van der Waals surface area contributed by atoms with Gasteiger partial charge in [0.2, 0.25) is 10.0 Å². The van der Waals surface area contributed by atoms with Gasteiger partial charge in [0.15, 0.2) is 0 Å². The van der Waals surface area contributed by atoms with Crippen LogP contribution in [0.2, 0.25) is 0 Å². The maximum absolute atomic E-state index is 12.5. The minimum absolute atomic E-state index is 0.232. The van der Waals surface area contributed by atoms with Crippen LogP contribution in [0.5, 0.6) is 0 Å². The molecule has 1 fully saturated rings. The highest BCUT2D eigenvalue weighted by Gasteiger charge is 2.23. The third-order valence-corrected chi connectivity index (χ3v) is 5.50. The third-order valence-electron chi connectivity index (χ3n) is 4.05. The van der Waals surface area contributed by atoms with Crippen LogP contribution in [0.4, 0.5) is 5.69 Å². The van der Waals surface area contributed by atoms with Crippen molar-refractivity contribution in [1.29, 1.82) is 0 Å². The van der Waals surface area contributed by atoms with E-state index in [1.807, 2.05) is 6.92 Å². The summed E-state index contributed by atoms with van der Waals surface area (Å²) in [6.07, 6.45) is 7.68. The molecule has 0 aromatic carbocycles. The summed E-state index contributed by atoms with van der Waals surface area (Å²) < 4.78 is 27.7. The predicted molar refractivity (Wildman–Crippen MR) is 84.7 cm³/mol. The van der Waals surface area contributed by atoms with Crippen LogP contribution in [-0.2, 0) is 10.0 Å². The fourth-order valence-corrected chi connectivity index (χ4v) is 4.22. The van der Waals surface area contributed by atoms with E-state index in [0.717, 1.165) is 12.8 Å². The number of hydrogen-bond acceptors (Lipinski definition) is 4. The fraction of sp³-hybridized carbons (Fsp3) is 0.667. The van der Waals surface area contributed by atoms with Gasteiger partial charge < -0.3 is 5.32 Å². The molecular formula is C15H25N3O2S. The summed E-state index contributed by atoms with van der Waals surface area (Å²) in [5, 5.41) is 3.07. The van der Waals surface area contributed by atoms with E-state index in [0.29, 0.717) is 30.6 Å². The molecule has 6 heteroatoms. The Labute approximate surface area is 127 Å². The minimum atomic E-state index is -3.50. The average Bonchev–Trinajstić information content (AvgIpc) is 2.46. The van der Waals surface area contributed by atoms with Gasteiger partial charge in [-0.2, -0.15) is 0 Å². The van der Waals surface area contributed by atoms with Crippen LogP contribution in [0.1, 0.15) is 39.5 Å². The standard InChI is InChI=1S/C15H25N3O2S/c1-3-17-14-7-8-16-11-15(14)21(19,20)18-10-13-6-4-5-12(2)9-13/h7-8,11-13,18H,3-6,9-10H2,1-2H3,(H,16,17). The minimum Gasteiger partial charge on any atom is -0.384 e. The molecule has 0 radical (unpaired) electrons. The molecule has 0 spiro atoms. The zero-order chi connectivity index (χ0) is 15.3. The van der Waals surface area contributed by atoms with E-state index in [1.165, 1.54) is 19.0 Å². The van der Waals surface area contributed by atoms with Gasteiger partial charge >= 0.3 is 0 Å². The normalized spacial score (nSPS) is 23.0. The molecule has 1 saturated carbocycles. The number of aromatic nitrogens is 1. The first-order chi connectivity index (χ1) is 10.0. The highest BCUT2D eigenvalue weighted by atomic mass is 32.2. The molecule has 0 aliphatic heterocycles. The van der Waals surface area contributed by atoms with Gasteiger partial charge in [0, 0.05) is 25.5 Å². The fourth-order valence-electron chi connectivity index (χ4n) is 2.98. The van der Waals surface area contributed by atoms with E-state index in [1.54, 1.807) is 12.3 Å². The van der Waals surface area contributed by atoms with Crippen molar-refractivity contribution in [2.24, 2.45) is 11.8 Å². The topological polar surface area (TPSA) is 71.1 Å². The Hall–Kier alpha value is -1.14. The van der Waals surface area contributed by atoms with Gasteiger partial charge in [-0.15, -0.1) is 0 Å². The number of anilines is 1. The maximum atomic E-state index is 12.5. The Balaban J connectivity index is 2.04. The average molecular weight is 311 g/mol. The number of hydrogen-bond donors (Lipinski definition) is 2. The van der Waals surface area contributed by atoms with Crippen molar-refractivity contribution in [3.63, 3.8) is 0 Å². The lowest BCUT2D eigenvalue weighted by atomic mass is 9.83. The van der Waals surface area contributed by atoms with Crippen molar-refractivity contribution < 1.29 is 8.42 Å². The molecular weight excluding hydrogens is 286 g/mol. The summed E-state index contributed by atoms with van der Waals surface area (Å²) in [6, 6.07) is 1.70. The molecule has 118 valence electrons. The first-order valence-electron chi connectivity index (χ1n) is 7.70. The highest BCUT2D eigenvalue weighted by Crippen LogP contribution is 2.28. The van der Waals surface area contributed by atoms with Gasteiger partial charge in [0.05, 0.1) is 5.69 Å². The predicted octanol–water partition coefficient (Wildman–Crippen LogP) is 2.62. The molecule has 1 aromatic heterocycles. The lowest BCUT2D eigenvalue weighted by Crippen LogP contribution is -2.32. The molecule has 5 nitrogen and oxygen atoms in total. The van der Waals surface area contributed by atoms with E-state index in [4.69, 9.17) is 0 Å². The van der Waals surface area contributed by atoms with Crippen molar-refractivity contribution in [2.75, 3.05) is 18.4 Å². The zero-order valence-electron chi connectivity index (χ0n) is 12.8. The molecule has 2 atom stereocenters. The molecule has 0 bridgehead atoms. The van der Waals surface area contributed by atoms with Gasteiger partial charge in [-0.25, -0.2) is 13.1 Å². The van der Waals surface area contributed by atoms with Crippen LogP contribution in [0.15, 0.2) is 23.4 Å². The van der Waals surface area contributed by atoms with Crippen LogP contribution in [0, 0.1) is 11.8 Å². The Morgan fingerprint density at radius 2 is 2.19 bits per heavy atom. The third kappa shape index (κ3) is 4.41.